The van der Waals surface area contributed by atoms with E-state index in [-0.39, 0.29) is 0 Å². The molecule has 0 rings (SSSR count). The maximum Gasteiger partial charge on any atom is 0.401 e. The molecule has 18 heavy (non-hydrogen) atoms. The predicted octanol–water partition coefficient (Wildman–Crippen LogP) is 2.71. The number of hydrogen-bond donors (Lipinski definition) is 2. The number of aliphatic carboxylic acids is 1. The molecule has 0 aliphatic carbocycles. The summed E-state index contributed by atoms with van der Waals surface area (Å²) in [6, 6.07) is 0. The topological polar surface area (TPSA) is 49.3 Å². The average Bonchev–Trinajstić information content (AvgIpc) is 2.11. The van der Waals surface area contributed by atoms with Gasteiger partial charge in [0.25, 0.3) is 0 Å². The zero-order valence-electron chi connectivity index (χ0n) is 9.45. The Hall–Kier alpha value is -0.990. The van der Waals surface area contributed by atoms with E-state index in [0.717, 1.165) is 6.92 Å². The third-order valence-corrected chi connectivity index (χ3v) is 2.29. The lowest BCUT2D eigenvalue weighted by Gasteiger charge is -2.27. The molecular weight excluding hydrogens is 268 g/mol. The first-order chi connectivity index (χ1) is 7.86. The minimum Gasteiger partial charge on any atom is -0.480 e. The van der Waals surface area contributed by atoms with Gasteiger partial charge >= 0.3 is 18.3 Å². The Morgan fingerprint density at radius 3 is 1.89 bits per heavy atom. The summed E-state index contributed by atoms with van der Waals surface area (Å²) in [6.45, 7) is -0.640. The molecule has 108 valence electrons. The number of alkyl halides is 6. The van der Waals surface area contributed by atoms with E-state index in [1.54, 1.807) is 5.32 Å². The molecule has 2 N–H and O–H groups in total. The fraction of sp³-hybridized carbons (Fsp3) is 0.889. The zero-order chi connectivity index (χ0) is 14.6. The number of hydrogen-bond acceptors (Lipinski definition) is 2. The van der Waals surface area contributed by atoms with Gasteiger partial charge in [0.1, 0.15) is 5.54 Å². The lowest BCUT2D eigenvalue weighted by atomic mass is 9.94. The van der Waals surface area contributed by atoms with Gasteiger partial charge in [0.05, 0.1) is 6.54 Å². The van der Waals surface area contributed by atoms with Gasteiger partial charge in [0, 0.05) is 6.42 Å². The summed E-state index contributed by atoms with van der Waals surface area (Å²) < 4.78 is 71.4. The summed E-state index contributed by atoms with van der Waals surface area (Å²) in [7, 11) is 0. The third kappa shape index (κ3) is 7.36. The minimum absolute atomic E-state index is 0.544. The highest BCUT2D eigenvalue weighted by atomic mass is 19.4. The van der Waals surface area contributed by atoms with Crippen LogP contribution in [-0.2, 0) is 4.79 Å². The quantitative estimate of drug-likeness (QED) is 0.736. The van der Waals surface area contributed by atoms with Crippen molar-refractivity contribution < 1.29 is 36.2 Å². The molecule has 0 saturated heterocycles. The molecule has 0 aliphatic rings. The van der Waals surface area contributed by atoms with Crippen LogP contribution in [0.4, 0.5) is 26.3 Å². The standard InChI is InChI=1S/C9H13F6NO2/c1-7(6(17)18,16-5-9(13,14)15)3-2-4-8(10,11)12/h16H,2-5H2,1H3,(H,17,18). The van der Waals surface area contributed by atoms with Crippen molar-refractivity contribution in [1.29, 1.82) is 0 Å². The number of carboxylic acid groups (broad SMARTS) is 1. The number of nitrogens with one attached hydrogen (secondary N) is 1. The SMILES string of the molecule is CC(CCCC(F)(F)F)(NCC(F)(F)F)C(=O)O. The van der Waals surface area contributed by atoms with E-state index in [0.29, 0.717) is 0 Å². The molecular formula is C9H13F6NO2. The monoisotopic (exact) mass is 281 g/mol. The summed E-state index contributed by atoms with van der Waals surface area (Å²) in [5.74, 6) is -1.62. The molecule has 0 fully saturated rings. The number of carbonyl (C=O) groups is 1. The van der Waals surface area contributed by atoms with Crippen LogP contribution >= 0.6 is 0 Å². The summed E-state index contributed by atoms with van der Waals surface area (Å²) >= 11 is 0. The van der Waals surface area contributed by atoms with Gasteiger partial charge in [0.15, 0.2) is 0 Å². The summed E-state index contributed by atoms with van der Waals surface area (Å²) in [5, 5.41) is 10.5. The van der Waals surface area contributed by atoms with E-state index in [9.17, 15) is 31.1 Å². The Labute approximate surface area is 99.2 Å². The molecule has 3 nitrogen and oxygen atoms in total. The molecule has 0 aromatic rings. The van der Waals surface area contributed by atoms with Crippen LogP contribution in [0.5, 0.6) is 0 Å². The van der Waals surface area contributed by atoms with E-state index in [2.05, 4.69) is 0 Å². The molecule has 0 amide bonds. The van der Waals surface area contributed by atoms with Crippen molar-refractivity contribution in [2.45, 2.75) is 44.1 Å². The lowest BCUT2D eigenvalue weighted by Crippen LogP contribution is -2.52. The smallest absolute Gasteiger partial charge is 0.401 e. The number of carboxylic acids is 1. The van der Waals surface area contributed by atoms with Crippen molar-refractivity contribution >= 4 is 5.97 Å². The van der Waals surface area contributed by atoms with Gasteiger partial charge in [-0.25, -0.2) is 0 Å². The van der Waals surface area contributed by atoms with Gasteiger partial charge in [-0.2, -0.15) is 26.3 Å². The van der Waals surface area contributed by atoms with Gasteiger partial charge < -0.3 is 5.11 Å². The lowest BCUT2D eigenvalue weighted by molar-refractivity contribution is -0.152. The predicted molar refractivity (Wildman–Crippen MR) is 50.0 cm³/mol. The van der Waals surface area contributed by atoms with Crippen LogP contribution in [0.15, 0.2) is 0 Å². The Bertz CT molecular complexity index is 288. The van der Waals surface area contributed by atoms with Crippen LogP contribution in [0.1, 0.15) is 26.2 Å². The van der Waals surface area contributed by atoms with Crippen molar-refractivity contribution in [1.82, 2.24) is 5.32 Å². The van der Waals surface area contributed by atoms with Gasteiger partial charge in [-0.05, 0) is 19.8 Å². The maximum absolute atomic E-state index is 11.9. The number of halogens is 6. The second-order valence-corrected chi connectivity index (χ2v) is 4.07. The molecule has 0 aromatic heterocycles. The van der Waals surface area contributed by atoms with E-state index >= 15 is 0 Å². The molecule has 1 atom stereocenters. The zero-order valence-corrected chi connectivity index (χ0v) is 9.45. The highest BCUT2D eigenvalue weighted by molar-refractivity contribution is 5.78. The van der Waals surface area contributed by atoms with Crippen LogP contribution in [0.2, 0.25) is 0 Å². The first-order valence-electron chi connectivity index (χ1n) is 4.98. The molecule has 0 spiro atoms. The van der Waals surface area contributed by atoms with Crippen LogP contribution in [-0.4, -0.2) is 35.5 Å². The second-order valence-electron chi connectivity index (χ2n) is 4.07. The van der Waals surface area contributed by atoms with Gasteiger partial charge in [-0.15, -0.1) is 0 Å². The van der Waals surface area contributed by atoms with Crippen molar-refractivity contribution in [3.05, 3.63) is 0 Å². The van der Waals surface area contributed by atoms with Crippen LogP contribution in [0.3, 0.4) is 0 Å². The molecule has 0 heterocycles. The Balaban J connectivity index is 4.40. The average molecular weight is 281 g/mol. The Kier molecular flexibility index (Phi) is 5.45. The molecule has 9 heteroatoms. The molecule has 0 aromatic carbocycles. The van der Waals surface area contributed by atoms with Gasteiger partial charge in [0.2, 0.25) is 0 Å². The van der Waals surface area contributed by atoms with E-state index < -0.39 is 49.7 Å². The van der Waals surface area contributed by atoms with E-state index in [1.165, 1.54) is 0 Å². The largest absolute Gasteiger partial charge is 0.480 e. The molecule has 0 saturated carbocycles. The number of rotatable bonds is 6. The van der Waals surface area contributed by atoms with Crippen LogP contribution in [0.25, 0.3) is 0 Å². The van der Waals surface area contributed by atoms with Crippen molar-refractivity contribution in [3.63, 3.8) is 0 Å². The Morgan fingerprint density at radius 2 is 1.56 bits per heavy atom. The van der Waals surface area contributed by atoms with Crippen molar-refractivity contribution in [2.24, 2.45) is 0 Å². The fourth-order valence-electron chi connectivity index (χ4n) is 1.21. The van der Waals surface area contributed by atoms with E-state index in [4.69, 9.17) is 5.11 Å². The Morgan fingerprint density at radius 1 is 1.06 bits per heavy atom. The first-order valence-corrected chi connectivity index (χ1v) is 4.98. The van der Waals surface area contributed by atoms with Crippen molar-refractivity contribution in [2.75, 3.05) is 6.54 Å². The molecule has 1 unspecified atom stereocenters. The minimum atomic E-state index is -4.62. The highest BCUT2D eigenvalue weighted by Crippen LogP contribution is 2.25. The summed E-state index contributed by atoms with van der Waals surface area (Å²) in [5.41, 5.74) is -2.03. The molecule has 0 radical (unpaired) electrons. The van der Waals surface area contributed by atoms with Crippen LogP contribution in [0, 0.1) is 0 Å². The maximum atomic E-state index is 11.9. The van der Waals surface area contributed by atoms with Gasteiger partial charge in [-0.1, -0.05) is 0 Å². The second kappa shape index (κ2) is 5.77. The van der Waals surface area contributed by atoms with Crippen molar-refractivity contribution in [3.8, 4) is 0 Å². The summed E-state index contributed by atoms with van der Waals surface area (Å²) in [6.07, 6.45) is -11.4. The van der Waals surface area contributed by atoms with Gasteiger partial charge in [-0.3, -0.25) is 10.1 Å². The normalized spacial score (nSPS) is 16.4. The molecule has 0 bridgehead atoms. The highest BCUT2D eigenvalue weighted by Gasteiger charge is 2.38. The summed E-state index contributed by atoms with van der Waals surface area (Å²) in [4.78, 5) is 10.8. The van der Waals surface area contributed by atoms with Crippen LogP contribution < -0.4 is 5.32 Å². The molecule has 0 aliphatic heterocycles. The first kappa shape index (κ1) is 17.0. The van der Waals surface area contributed by atoms with E-state index in [1.807, 2.05) is 0 Å². The fourth-order valence-corrected chi connectivity index (χ4v) is 1.21. The third-order valence-electron chi connectivity index (χ3n) is 2.29.